The van der Waals surface area contributed by atoms with Gasteiger partial charge in [0.25, 0.3) is 0 Å². The normalized spacial score (nSPS) is 19.9. The van der Waals surface area contributed by atoms with E-state index in [1.165, 1.54) is 23.1 Å². The molecule has 1 N–H and O–H groups in total. The van der Waals surface area contributed by atoms with Crippen LogP contribution in [0.1, 0.15) is 6.42 Å². The molecule has 4 nitrogen and oxygen atoms in total. The monoisotopic (exact) mass is 274 g/mol. The highest BCUT2D eigenvalue weighted by Crippen LogP contribution is 2.34. The number of hydrogen-bond acceptors (Lipinski definition) is 3. The Bertz CT molecular complexity index is 476. The Balaban J connectivity index is 2.28. The first-order valence-electron chi connectivity index (χ1n) is 5.76. The Morgan fingerprint density at radius 2 is 2.05 bits per heavy atom. The topological polar surface area (TPSA) is 41.6 Å². The molecule has 1 aliphatic heterocycles. The number of carbonyl (C=O) groups is 1. The fourth-order valence-electron chi connectivity index (χ4n) is 2.08. The van der Waals surface area contributed by atoms with Crippen LogP contribution in [0, 0.1) is 0 Å². The number of para-hydroxylation sites is 2. The van der Waals surface area contributed by atoms with E-state index in [1.807, 2.05) is 0 Å². The number of hydrogen-bond donors (Lipinski definition) is 1. The standard InChI is InChI=1S/C12H13F3N2O2/c1-16-8-6-7-17(11(8)18)9-4-2-3-5-10(9)19-12(13,14)15/h2-5,8,16H,6-7H2,1H3. The van der Waals surface area contributed by atoms with Gasteiger partial charge in [0.1, 0.15) is 0 Å². The van der Waals surface area contributed by atoms with Gasteiger partial charge in [0.15, 0.2) is 5.75 Å². The van der Waals surface area contributed by atoms with Gasteiger partial charge in [0.05, 0.1) is 11.7 Å². The molecule has 1 atom stereocenters. The van der Waals surface area contributed by atoms with E-state index in [1.54, 1.807) is 13.1 Å². The van der Waals surface area contributed by atoms with Gasteiger partial charge in [-0.05, 0) is 25.6 Å². The quantitative estimate of drug-likeness (QED) is 0.915. The number of nitrogens with one attached hydrogen (secondary N) is 1. The zero-order chi connectivity index (χ0) is 14.0. The van der Waals surface area contributed by atoms with Gasteiger partial charge in [-0.25, -0.2) is 0 Å². The van der Waals surface area contributed by atoms with Crippen LogP contribution in [-0.2, 0) is 4.79 Å². The summed E-state index contributed by atoms with van der Waals surface area (Å²) in [6.45, 7) is 0.364. The summed E-state index contributed by atoms with van der Waals surface area (Å²) in [6, 6.07) is 5.28. The predicted octanol–water partition coefficient (Wildman–Crippen LogP) is 1.91. The van der Waals surface area contributed by atoms with Gasteiger partial charge in [0, 0.05) is 6.54 Å². The first-order valence-corrected chi connectivity index (χ1v) is 5.76. The van der Waals surface area contributed by atoms with Crippen LogP contribution in [0.25, 0.3) is 0 Å². The number of carbonyl (C=O) groups excluding carboxylic acids is 1. The van der Waals surface area contributed by atoms with Crippen molar-refractivity contribution in [3.8, 4) is 5.75 Å². The number of rotatable bonds is 3. The van der Waals surface area contributed by atoms with Crippen molar-refractivity contribution in [3.63, 3.8) is 0 Å². The second-order valence-electron chi connectivity index (χ2n) is 4.14. The van der Waals surface area contributed by atoms with E-state index in [0.717, 1.165) is 0 Å². The maximum Gasteiger partial charge on any atom is 0.573 e. The molecule has 1 aromatic rings. The van der Waals surface area contributed by atoms with E-state index in [2.05, 4.69) is 10.1 Å². The fraction of sp³-hybridized carbons (Fsp3) is 0.417. The number of ether oxygens (including phenoxy) is 1. The summed E-state index contributed by atoms with van der Waals surface area (Å²) >= 11 is 0. The van der Waals surface area contributed by atoms with Crippen LogP contribution in [0.15, 0.2) is 24.3 Å². The third-order valence-electron chi connectivity index (χ3n) is 2.94. The minimum atomic E-state index is -4.78. The molecule has 1 aliphatic rings. The molecular formula is C12H13F3N2O2. The number of likely N-dealkylation sites (N-methyl/N-ethyl adjacent to an activating group) is 1. The molecule has 1 heterocycles. The molecule has 0 bridgehead atoms. The summed E-state index contributed by atoms with van der Waals surface area (Å²) < 4.78 is 40.9. The highest BCUT2D eigenvalue weighted by Gasteiger charge is 2.36. The lowest BCUT2D eigenvalue weighted by molar-refractivity contribution is -0.274. The first kappa shape index (κ1) is 13.7. The van der Waals surface area contributed by atoms with Crippen molar-refractivity contribution in [3.05, 3.63) is 24.3 Å². The van der Waals surface area contributed by atoms with E-state index >= 15 is 0 Å². The van der Waals surface area contributed by atoms with Crippen molar-refractivity contribution in [1.29, 1.82) is 0 Å². The molecule has 0 aromatic heterocycles. The van der Waals surface area contributed by atoms with E-state index in [9.17, 15) is 18.0 Å². The summed E-state index contributed by atoms with van der Waals surface area (Å²) in [5.41, 5.74) is 0.141. The summed E-state index contributed by atoms with van der Waals surface area (Å²) in [4.78, 5) is 13.3. The van der Waals surface area contributed by atoms with Gasteiger partial charge in [-0.15, -0.1) is 13.2 Å². The molecule has 1 amide bonds. The lowest BCUT2D eigenvalue weighted by Crippen LogP contribution is -2.36. The Kier molecular flexibility index (Phi) is 3.66. The second kappa shape index (κ2) is 5.08. The van der Waals surface area contributed by atoms with Gasteiger partial charge in [-0.3, -0.25) is 4.79 Å². The van der Waals surface area contributed by atoms with Gasteiger partial charge in [-0.2, -0.15) is 0 Å². The second-order valence-corrected chi connectivity index (χ2v) is 4.14. The van der Waals surface area contributed by atoms with Crippen molar-refractivity contribution in [2.45, 2.75) is 18.8 Å². The molecule has 0 saturated carbocycles. The summed E-state index contributed by atoms with van der Waals surface area (Å²) in [6.07, 6.45) is -4.23. The van der Waals surface area contributed by atoms with Crippen LogP contribution in [0.2, 0.25) is 0 Å². The van der Waals surface area contributed by atoms with Gasteiger partial charge in [-0.1, -0.05) is 12.1 Å². The molecule has 1 unspecified atom stereocenters. The number of anilines is 1. The third kappa shape index (κ3) is 2.98. The van der Waals surface area contributed by atoms with E-state index in [-0.39, 0.29) is 23.4 Å². The smallest absolute Gasteiger partial charge is 0.404 e. The minimum Gasteiger partial charge on any atom is -0.404 e. The van der Waals surface area contributed by atoms with Crippen molar-refractivity contribution >= 4 is 11.6 Å². The molecule has 0 spiro atoms. The Labute approximate surface area is 108 Å². The van der Waals surface area contributed by atoms with Crippen molar-refractivity contribution in [1.82, 2.24) is 5.32 Å². The van der Waals surface area contributed by atoms with Gasteiger partial charge < -0.3 is 15.0 Å². The average molecular weight is 274 g/mol. The third-order valence-corrected chi connectivity index (χ3v) is 2.94. The van der Waals surface area contributed by atoms with E-state index in [4.69, 9.17) is 0 Å². The zero-order valence-electron chi connectivity index (χ0n) is 10.2. The molecule has 0 aliphatic carbocycles. The van der Waals surface area contributed by atoms with Crippen molar-refractivity contribution in [2.75, 3.05) is 18.5 Å². The predicted molar refractivity (Wildman–Crippen MR) is 62.9 cm³/mol. The molecular weight excluding hydrogens is 261 g/mol. The lowest BCUT2D eigenvalue weighted by atomic mass is 10.2. The summed E-state index contributed by atoms with van der Waals surface area (Å²) in [5, 5.41) is 2.83. The van der Waals surface area contributed by atoms with Crippen LogP contribution in [0.5, 0.6) is 5.75 Å². The molecule has 1 saturated heterocycles. The zero-order valence-corrected chi connectivity index (χ0v) is 10.2. The van der Waals surface area contributed by atoms with Crippen LogP contribution < -0.4 is 15.0 Å². The van der Waals surface area contributed by atoms with E-state index < -0.39 is 6.36 Å². The maximum absolute atomic E-state index is 12.3. The highest BCUT2D eigenvalue weighted by atomic mass is 19.4. The Hall–Kier alpha value is -1.76. The molecule has 19 heavy (non-hydrogen) atoms. The number of benzene rings is 1. The number of amides is 1. The Morgan fingerprint density at radius 3 is 2.63 bits per heavy atom. The summed E-state index contributed by atoms with van der Waals surface area (Å²) in [7, 11) is 1.64. The number of alkyl halides is 3. The maximum atomic E-state index is 12.3. The molecule has 1 fully saturated rings. The van der Waals surface area contributed by atoms with Crippen LogP contribution in [0.3, 0.4) is 0 Å². The van der Waals surface area contributed by atoms with Crippen LogP contribution in [-0.4, -0.2) is 31.9 Å². The SMILES string of the molecule is CNC1CCN(c2ccccc2OC(F)(F)F)C1=O. The molecule has 7 heteroatoms. The average Bonchev–Trinajstić information content (AvgIpc) is 2.69. The van der Waals surface area contributed by atoms with Gasteiger partial charge in [0.2, 0.25) is 5.91 Å². The first-order chi connectivity index (χ1) is 8.92. The van der Waals surface area contributed by atoms with E-state index in [0.29, 0.717) is 13.0 Å². The lowest BCUT2D eigenvalue weighted by Gasteiger charge is -2.20. The van der Waals surface area contributed by atoms with Crippen molar-refractivity contribution in [2.24, 2.45) is 0 Å². The van der Waals surface area contributed by atoms with Crippen molar-refractivity contribution < 1.29 is 22.7 Å². The number of halogens is 3. The Morgan fingerprint density at radius 1 is 1.37 bits per heavy atom. The van der Waals surface area contributed by atoms with Gasteiger partial charge >= 0.3 is 6.36 Å². The number of nitrogens with zero attached hydrogens (tertiary/aromatic N) is 1. The molecule has 0 radical (unpaired) electrons. The molecule has 104 valence electrons. The fourth-order valence-corrected chi connectivity index (χ4v) is 2.08. The summed E-state index contributed by atoms with van der Waals surface area (Å²) in [5.74, 6) is -0.610. The van der Waals surface area contributed by atoms with Crippen LogP contribution >= 0.6 is 0 Å². The minimum absolute atomic E-state index is 0.141. The van der Waals surface area contributed by atoms with Crippen LogP contribution in [0.4, 0.5) is 18.9 Å². The largest absolute Gasteiger partial charge is 0.573 e. The molecule has 1 aromatic carbocycles. The molecule has 2 rings (SSSR count). The highest BCUT2D eigenvalue weighted by molar-refractivity contribution is 6.00.